The van der Waals surface area contributed by atoms with Crippen LogP contribution in [0.2, 0.25) is 5.02 Å². The summed E-state index contributed by atoms with van der Waals surface area (Å²) >= 11 is 7.48. The topological polar surface area (TPSA) is 73.0 Å². The molecule has 2 aromatic heterocycles. The van der Waals surface area contributed by atoms with E-state index in [1.54, 1.807) is 27.6 Å². The van der Waals surface area contributed by atoms with Gasteiger partial charge in [0.05, 0.1) is 17.9 Å². The molecular weight excluding hydrogens is 398 g/mol. The van der Waals surface area contributed by atoms with Crippen molar-refractivity contribution in [2.24, 2.45) is 0 Å². The molecule has 4 heterocycles. The van der Waals surface area contributed by atoms with Crippen molar-refractivity contribution >= 4 is 40.3 Å². The van der Waals surface area contributed by atoms with Crippen LogP contribution in [-0.2, 0) is 4.79 Å². The van der Waals surface area contributed by atoms with Gasteiger partial charge in [0.2, 0.25) is 5.91 Å². The van der Waals surface area contributed by atoms with Crippen molar-refractivity contribution in [2.75, 3.05) is 18.8 Å². The van der Waals surface area contributed by atoms with Gasteiger partial charge in [-0.25, -0.2) is 9.67 Å². The fourth-order valence-corrected chi connectivity index (χ4v) is 5.11. The smallest absolute Gasteiger partial charge is 0.265 e. The molecule has 2 aliphatic heterocycles. The second kappa shape index (κ2) is 6.93. The largest absolute Gasteiger partial charge is 0.343 e. The summed E-state index contributed by atoms with van der Waals surface area (Å²) in [5.74, 6) is 0.808. The first-order valence-electron chi connectivity index (χ1n) is 9.28. The molecule has 1 atom stereocenters. The van der Waals surface area contributed by atoms with Crippen LogP contribution in [0, 0.1) is 0 Å². The van der Waals surface area contributed by atoms with E-state index in [-0.39, 0.29) is 17.5 Å². The molecule has 0 aliphatic carbocycles. The summed E-state index contributed by atoms with van der Waals surface area (Å²) in [5.41, 5.74) is 1.18. The van der Waals surface area contributed by atoms with Crippen LogP contribution in [0.3, 0.4) is 0 Å². The van der Waals surface area contributed by atoms with Gasteiger partial charge in [-0.15, -0.1) is 0 Å². The molecule has 1 fully saturated rings. The molecule has 0 radical (unpaired) electrons. The van der Waals surface area contributed by atoms with Gasteiger partial charge in [-0.3, -0.25) is 14.2 Å². The number of likely N-dealkylation sites (tertiary alicyclic amines) is 1. The third kappa shape index (κ3) is 2.91. The minimum absolute atomic E-state index is 0.125. The predicted molar refractivity (Wildman–Crippen MR) is 108 cm³/mol. The van der Waals surface area contributed by atoms with Crippen molar-refractivity contribution in [2.45, 2.75) is 30.5 Å². The number of rotatable bonds is 3. The van der Waals surface area contributed by atoms with E-state index in [0.717, 1.165) is 31.6 Å². The Bertz CT molecular complexity index is 1120. The van der Waals surface area contributed by atoms with E-state index in [2.05, 4.69) is 5.10 Å². The van der Waals surface area contributed by atoms with Crippen LogP contribution in [-0.4, -0.2) is 49.0 Å². The molecule has 5 rings (SSSR count). The average molecular weight is 416 g/mol. The molecule has 3 aromatic rings. The Morgan fingerprint density at radius 1 is 1.21 bits per heavy atom. The van der Waals surface area contributed by atoms with E-state index in [1.165, 1.54) is 11.8 Å². The fourth-order valence-electron chi connectivity index (χ4n) is 3.85. The average Bonchev–Trinajstić information content (AvgIpc) is 3.42. The molecule has 2 aliphatic rings. The fraction of sp³-hybridized carbons (Fsp3) is 0.368. The number of halogens is 1. The maximum Gasteiger partial charge on any atom is 0.265 e. The van der Waals surface area contributed by atoms with Crippen molar-refractivity contribution in [3.63, 3.8) is 0 Å². The molecule has 0 bridgehead atoms. The number of amides is 1. The normalized spacial score (nSPS) is 18.8. The van der Waals surface area contributed by atoms with E-state index in [1.807, 2.05) is 17.0 Å². The number of thioether (sulfide) groups is 1. The molecule has 9 heteroatoms. The highest BCUT2D eigenvalue weighted by Gasteiger charge is 2.31. The van der Waals surface area contributed by atoms with Crippen LogP contribution in [0.1, 0.15) is 25.3 Å². The number of hydrogen-bond donors (Lipinski definition) is 0. The van der Waals surface area contributed by atoms with Crippen molar-refractivity contribution < 1.29 is 4.79 Å². The lowest BCUT2D eigenvalue weighted by molar-refractivity contribution is -0.130. The molecule has 7 nitrogen and oxygen atoms in total. The summed E-state index contributed by atoms with van der Waals surface area (Å²) in [5, 5.41) is 6.10. The quantitative estimate of drug-likeness (QED) is 0.615. The number of carbonyl (C=O) groups is 1. The lowest BCUT2D eigenvalue weighted by Crippen LogP contribution is -2.32. The summed E-state index contributed by atoms with van der Waals surface area (Å²) in [6.07, 6.45) is 4.02. The van der Waals surface area contributed by atoms with Crippen LogP contribution in [0.5, 0.6) is 0 Å². The molecule has 1 amide bonds. The molecule has 0 spiro atoms. The Morgan fingerprint density at radius 2 is 1.96 bits per heavy atom. The Kier molecular flexibility index (Phi) is 4.40. The zero-order valence-electron chi connectivity index (χ0n) is 15.0. The number of nitrogens with zero attached hydrogens (tertiary/aromatic N) is 5. The van der Waals surface area contributed by atoms with Crippen LogP contribution in [0.15, 0.2) is 40.4 Å². The summed E-state index contributed by atoms with van der Waals surface area (Å²) in [6, 6.07) is 7.08. The first kappa shape index (κ1) is 17.8. The van der Waals surface area contributed by atoms with Gasteiger partial charge in [0.15, 0.2) is 10.8 Å². The highest BCUT2D eigenvalue weighted by Crippen LogP contribution is 2.34. The second-order valence-electron chi connectivity index (χ2n) is 7.10. The summed E-state index contributed by atoms with van der Waals surface area (Å²) in [6.45, 7) is 1.65. The summed E-state index contributed by atoms with van der Waals surface area (Å²) in [4.78, 5) is 32.3. The van der Waals surface area contributed by atoms with Crippen molar-refractivity contribution in [1.29, 1.82) is 0 Å². The van der Waals surface area contributed by atoms with Crippen LogP contribution in [0.4, 0.5) is 0 Å². The van der Waals surface area contributed by atoms with Crippen molar-refractivity contribution in [3.05, 3.63) is 45.8 Å². The molecule has 144 valence electrons. The Labute approximate surface area is 170 Å². The molecule has 1 aromatic carbocycles. The number of hydrogen-bond acceptors (Lipinski definition) is 5. The molecular formula is C19H18ClN5O2S. The summed E-state index contributed by atoms with van der Waals surface area (Å²) < 4.78 is 3.33. The molecule has 1 unspecified atom stereocenters. The van der Waals surface area contributed by atoms with E-state index >= 15 is 0 Å². The lowest BCUT2D eigenvalue weighted by Gasteiger charge is -2.19. The van der Waals surface area contributed by atoms with E-state index < -0.39 is 0 Å². The number of benzene rings is 1. The zero-order chi connectivity index (χ0) is 19.3. The van der Waals surface area contributed by atoms with Crippen LogP contribution < -0.4 is 5.56 Å². The Balaban J connectivity index is 1.52. The van der Waals surface area contributed by atoms with E-state index in [9.17, 15) is 9.59 Å². The maximum absolute atomic E-state index is 13.1. The highest BCUT2D eigenvalue weighted by atomic mass is 35.5. The van der Waals surface area contributed by atoms with Crippen molar-refractivity contribution in [3.8, 4) is 5.69 Å². The maximum atomic E-state index is 13.1. The zero-order valence-corrected chi connectivity index (χ0v) is 16.6. The van der Waals surface area contributed by atoms with Gasteiger partial charge in [-0.05, 0) is 37.1 Å². The monoisotopic (exact) mass is 415 g/mol. The van der Waals surface area contributed by atoms with Crippen molar-refractivity contribution in [1.82, 2.24) is 24.2 Å². The molecule has 1 saturated heterocycles. The van der Waals surface area contributed by atoms with Gasteiger partial charge in [0, 0.05) is 30.3 Å². The highest BCUT2D eigenvalue weighted by molar-refractivity contribution is 7.99. The number of fused-ring (bicyclic) bond motifs is 2. The van der Waals surface area contributed by atoms with Gasteiger partial charge < -0.3 is 4.90 Å². The van der Waals surface area contributed by atoms with Gasteiger partial charge in [0.25, 0.3) is 5.56 Å². The van der Waals surface area contributed by atoms with Crippen LogP contribution >= 0.6 is 23.4 Å². The molecule has 28 heavy (non-hydrogen) atoms. The minimum atomic E-state index is -0.156. The third-order valence-corrected chi connectivity index (χ3v) is 6.66. The summed E-state index contributed by atoms with van der Waals surface area (Å²) in [7, 11) is 0. The molecule has 0 N–H and O–H groups in total. The standard InChI is InChI=1S/C19H18ClN5O2S/c20-12-3-5-13(6-4-12)25-17-15(10-21-25)18(27)24-14(11-28-19(24)22-17)9-16(26)23-7-1-2-8-23/h3-6,10,14H,1-2,7-9,11H2. The van der Waals surface area contributed by atoms with Gasteiger partial charge in [0.1, 0.15) is 5.39 Å². The Hall–Kier alpha value is -2.32. The van der Waals surface area contributed by atoms with Gasteiger partial charge in [-0.2, -0.15) is 5.10 Å². The van der Waals surface area contributed by atoms with E-state index in [4.69, 9.17) is 16.6 Å². The van der Waals surface area contributed by atoms with Gasteiger partial charge in [-0.1, -0.05) is 23.4 Å². The van der Waals surface area contributed by atoms with E-state index in [0.29, 0.717) is 33.4 Å². The first-order chi connectivity index (χ1) is 13.6. The number of carbonyl (C=O) groups excluding carboxylic acids is 1. The SMILES string of the molecule is O=C(CC1CSc2nc3c(cnn3-c3ccc(Cl)cc3)c(=O)n21)N1CCCC1. The Morgan fingerprint density at radius 3 is 2.71 bits per heavy atom. The predicted octanol–water partition coefficient (Wildman–Crippen LogP) is 2.89. The van der Waals surface area contributed by atoms with Gasteiger partial charge >= 0.3 is 0 Å². The molecule has 0 saturated carbocycles. The first-order valence-corrected chi connectivity index (χ1v) is 10.6. The van der Waals surface area contributed by atoms with Crippen LogP contribution in [0.25, 0.3) is 16.7 Å². The minimum Gasteiger partial charge on any atom is -0.343 e. The lowest BCUT2D eigenvalue weighted by atomic mass is 10.2. The number of aromatic nitrogens is 4. The second-order valence-corrected chi connectivity index (χ2v) is 8.52. The third-order valence-electron chi connectivity index (χ3n) is 5.31.